The molecular weight excluding hydrogens is 200 g/mol. The van der Waals surface area contributed by atoms with E-state index in [-0.39, 0.29) is 0 Å². The summed E-state index contributed by atoms with van der Waals surface area (Å²) < 4.78 is 3.72. The molecule has 1 N–H and O–H groups in total. The number of H-pyrrole nitrogens is 1. The van der Waals surface area contributed by atoms with E-state index in [0.29, 0.717) is 3.95 Å². The molecule has 2 aromatic rings. The lowest BCUT2D eigenvalue weighted by molar-refractivity contribution is 1.30. The molecule has 0 saturated heterocycles. The number of nitrogens with one attached hydrogen (secondary N) is 1. The summed E-state index contributed by atoms with van der Waals surface area (Å²) in [6, 6.07) is 8.18. The lowest BCUT2D eigenvalue weighted by Crippen LogP contribution is -1.80. The molecule has 0 aliphatic carbocycles. The third-order valence-corrected chi connectivity index (χ3v) is 2.63. The minimum Gasteiger partial charge on any atom is -0.293 e. The maximum Gasteiger partial charge on any atom is 0.198 e. The van der Waals surface area contributed by atoms with Gasteiger partial charge in [0.2, 0.25) is 0 Å². The van der Waals surface area contributed by atoms with Crippen LogP contribution in [-0.2, 0) is 0 Å². The number of aryl methyl sites for hydroxylation is 1. The van der Waals surface area contributed by atoms with E-state index < -0.39 is 0 Å². The van der Waals surface area contributed by atoms with E-state index in [9.17, 15) is 0 Å². The van der Waals surface area contributed by atoms with Gasteiger partial charge in [-0.1, -0.05) is 23.8 Å². The third-order valence-electron chi connectivity index (χ3n) is 1.73. The molecule has 0 spiro atoms. The number of aromatic nitrogens is 2. The largest absolute Gasteiger partial charge is 0.293 e. The Hall–Kier alpha value is -1.000. The van der Waals surface area contributed by atoms with Gasteiger partial charge in [-0.2, -0.15) is 0 Å². The van der Waals surface area contributed by atoms with Crippen LogP contribution in [0.3, 0.4) is 0 Å². The third kappa shape index (κ3) is 1.84. The van der Waals surface area contributed by atoms with Crippen LogP contribution >= 0.6 is 23.8 Å². The summed E-state index contributed by atoms with van der Waals surface area (Å²) in [5, 5.41) is 0. The molecule has 0 aliphatic rings. The minimum atomic E-state index is 0.650. The minimum absolute atomic E-state index is 0.650. The van der Waals surface area contributed by atoms with Crippen molar-refractivity contribution in [3.63, 3.8) is 0 Å². The zero-order chi connectivity index (χ0) is 9.26. The molecule has 0 fully saturated rings. The molecule has 0 bridgehead atoms. The number of benzene rings is 1. The highest BCUT2D eigenvalue weighted by Crippen LogP contribution is 2.17. The van der Waals surface area contributed by atoms with E-state index in [2.05, 4.69) is 28.4 Å². The van der Waals surface area contributed by atoms with Crippen LogP contribution in [-0.4, -0.2) is 9.36 Å². The number of nitrogens with zero attached hydrogens (tertiary/aromatic N) is 1. The summed E-state index contributed by atoms with van der Waals surface area (Å²) in [6.07, 6.45) is 0. The van der Waals surface area contributed by atoms with Gasteiger partial charge in [0.15, 0.2) is 3.95 Å². The highest BCUT2D eigenvalue weighted by atomic mass is 32.2. The fourth-order valence-corrected chi connectivity index (χ4v) is 1.85. The van der Waals surface area contributed by atoms with Crippen molar-refractivity contribution in [2.45, 2.75) is 6.92 Å². The smallest absolute Gasteiger partial charge is 0.198 e. The van der Waals surface area contributed by atoms with E-state index in [1.54, 1.807) is 0 Å². The Morgan fingerprint density at radius 2 is 2.31 bits per heavy atom. The average Bonchev–Trinajstić information content (AvgIpc) is 2.52. The van der Waals surface area contributed by atoms with Crippen molar-refractivity contribution >= 4 is 23.8 Å². The fraction of sp³-hybridized carbons (Fsp3) is 0.111. The summed E-state index contributed by atoms with van der Waals surface area (Å²) in [5.74, 6) is 0.860. The van der Waals surface area contributed by atoms with Gasteiger partial charge in [0.1, 0.15) is 5.82 Å². The van der Waals surface area contributed by atoms with Gasteiger partial charge in [0.05, 0.1) is 0 Å². The first-order valence-electron chi connectivity index (χ1n) is 3.88. The first-order valence-corrected chi connectivity index (χ1v) is 5.11. The quantitative estimate of drug-likeness (QED) is 0.729. The molecule has 0 amide bonds. The molecule has 1 aromatic heterocycles. The van der Waals surface area contributed by atoms with Gasteiger partial charge in [-0.05, 0) is 36.7 Å². The molecule has 13 heavy (non-hydrogen) atoms. The lowest BCUT2D eigenvalue weighted by atomic mass is 10.1. The predicted molar refractivity (Wildman–Crippen MR) is 57.5 cm³/mol. The Labute approximate surface area is 85.4 Å². The fourth-order valence-electron chi connectivity index (χ4n) is 1.14. The molecule has 0 saturated carbocycles. The zero-order valence-electron chi connectivity index (χ0n) is 7.07. The second-order valence-electron chi connectivity index (χ2n) is 2.80. The summed E-state index contributed by atoms with van der Waals surface area (Å²) >= 11 is 6.33. The van der Waals surface area contributed by atoms with Gasteiger partial charge in [-0.15, -0.1) is 0 Å². The summed E-state index contributed by atoms with van der Waals surface area (Å²) in [6.45, 7) is 2.06. The molecule has 0 radical (unpaired) electrons. The second-order valence-corrected chi connectivity index (χ2v) is 4.24. The van der Waals surface area contributed by atoms with Crippen molar-refractivity contribution in [3.8, 4) is 11.4 Å². The van der Waals surface area contributed by atoms with Crippen LogP contribution in [0, 0.1) is 10.9 Å². The first kappa shape index (κ1) is 8.59. The van der Waals surface area contributed by atoms with Crippen molar-refractivity contribution in [3.05, 3.63) is 33.8 Å². The van der Waals surface area contributed by atoms with Crippen LogP contribution in [0.2, 0.25) is 0 Å². The van der Waals surface area contributed by atoms with Crippen molar-refractivity contribution in [1.29, 1.82) is 0 Å². The Morgan fingerprint density at radius 3 is 2.92 bits per heavy atom. The first-order chi connectivity index (χ1) is 6.25. The normalized spacial score (nSPS) is 10.2. The van der Waals surface area contributed by atoms with Gasteiger partial charge in [-0.3, -0.25) is 4.37 Å². The SMILES string of the molecule is Cc1cccc(-c2nc(=S)s[nH]2)c1. The van der Waals surface area contributed by atoms with E-state index in [0.717, 1.165) is 11.4 Å². The number of hydrogen-bond acceptors (Lipinski definition) is 3. The van der Waals surface area contributed by atoms with E-state index >= 15 is 0 Å². The standard InChI is InChI=1S/C9H8N2S2/c1-6-3-2-4-7(5-6)8-10-9(12)13-11-8/h2-5H,1H3,(H,10,11,12). The maximum absolute atomic E-state index is 4.94. The molecule has 0 atom stereocenters. The molecule has 2 rings (SSSR count). The van der Waals surface area contributed by atoms with Crippen LogP contribution in [0.25, 0.3) is 11.4 Å². The van der Waals surface area contributed by atoms with Gasteiger partial charge >= 0.3 is 0 Å². The van der Waals surface area contributed by atoms with E-state index in [1.165, 1.54) is 17.1 Å². The Kier molecular flexibility index (Phi) is 2.24. The summed E-state index contributed by atoms with van der Waals surface area (Å²) in [4.78, 5) is 4.20. The van der Waals surface area contributed by atoms with Gasteiger partial charge in [0.25, 0.3) is 0 Å². The number of hydrogen-bond donors (Lipinski definition) is 1. The Morgan fingerprint density at radius 1 is 1.46 bits per heavy atom. The molecule has 2 nitrogen and oxygen atoms in total. The highest BCUT2D eigenvalue weighted by molar-refractivity contribution is 7.73. The zero-order valence-corrected chi connectivity index (χ0v) is 8.71. The highest BCUT2D eigenvalue weighted by Gasteiger charge is 1.99. The molecular formula is C9H8N2S2. The monoisotopic (exact) mass is 208 g/mol. The van der Waals surface area contributed by atoms with Crippen LogP contribution in [0.1, 0.15) is 5.56 Å². The number of rotatable bonds is 1. The Bertz CT molecular complexity index is 470. The second kappa shape index (κ2) is 3.40. The van der Waals surface area contributed by atoms with Crippen LogP contribution in [0.15, 0.2) is 24.3 Å². The van der Waals surface area contributed by atoms with Crippen molar-refractivity contribution < 1.29 is 0 Å². The predicted octanol–water partition coefficient (Wildman–Crippen LogP) is 3.18. The lowest BCUT2D eigenvalue weighted by Gasteiger charge is -1.96. The van der Waals surface area contributed by atoms with Crippen LogP contribution in [0.4, 0.5) is 0 Å². The summed E-state index contributed by atoms with van der Waals surface area (Å²) in [7, 11) is 0. The van der Waals surface area contributed by atoms with Crippen molar-refractivity contribution in [1.82, 2.24) is 9.36 Å². The molecule has 4 heteroatoms. The maximum atomic E-state index is 4.94. The van der Waals surface area contributed by atoms with Gasteiger partial charge < -0.3 is 0 Å². The van der Waals surface area contributed by atoms with Crippen LogP contribution < -0.4 is 0 Å². The Balaban J connectivity index is 2.52. The van der Waals surface area contributed by atoms with E-state index in [4.69, 9.17) is 12.2 Å². The van der Waals surface area contributed by atoms with Gasteiger partial charge in [0, 0.05) is 5.56 Å². The topological polar surface area (TPSA) is 28.7 Å². The summed E-state index contributed by atoms with van der Waals surface area (Å²) in [5.41, 5.74) is 2.32. The molecule has 66 valence electrons. The van der Waals surface area contributed by atoms with Crippen molar-refractivity contribution in [2.24, 2.45) is 0 Å². The van der Waals surface area contributed by atoms with E-state index in [1.807, 2.05) is 12.1 Å². The molecule has 0 aliphatic heterocycles. The van der Waals surface area contributed by atoms with Crippen molar-refractivity contribution in [2.75, 3.05) is 0 Å². The van der Waals surface area contributed by atoms with Crippen LogP contribution in [0.5, 0.6) is 0 Å². The average molecular weight is 208 g/mol. The van der Waals surface area contributed by atoms with Gasteiger partial charge in [-0.25, -0.2) is 4.98 Å². The molecule has 1 aromatic carbocycles. The molecule has 0 unspecified atom stereocenters. The number of aromatic amines is 1. The molecule has 1 heterocycles.